The highest BCUT2D eigenvalue weighted by Gasteiger charge is 2.11. The zero-order chi connectivity index (χ0) is 13.1. The lowest BCUT2D eigenvalue weighted by molar-refractivity contribution is -0.116. The highest BCUT2D eigenvalue weighted by atomic mass is 35.5. The molecular weight excluding hydrogens is 298 g/mol. The summed E-state index contributed by atoms with van der Waals surface area (Å²) in [6, 6.07) is 2.81. The number of nitrogens with one attached hydrogen (secondary N) is 1. The van der Waals surface area contributed by atoms with E-state index >= 15 is 0 Å². The first-order valence-electron chi connectivity index (χ1n) is 5.21. The molecule has 0 unspecified atom stereocenters. The van der Waals surface area contributed by atoms with E-state index in [1.54, 1.807) is 6.07 Å². The number of amides is 1. The molecule has 3 nitrogen and oxygen atoms in total. The fourth-order valence-electron chi connectivity index (χ4n) is 1.42. The number of anilines is 1. The number of fused-ring (bicyclic) bond motifs is 1. The van der Waals surface area contributed by atoms with Gasteiger partial charge in [0.05, 0.1) is 4.70 Å². The van der Waals surface area contributed by atoms with Crippen molar-refractivity contribution >= 4 is 55.8 Å². The number of halogens is 3. The average molecular weight is 307 g/mol. The predicted molar refractivity (Wildman–Crippen MR) is 73.2 cm³/mol. The summed E-state index contributed by atoms with van der Waals surface area (Å²) >= 11 is 12.4. The highest BCUT2D eigenvalue weighted by Crippen LogP contribution is 2.30. The van der Waals surface area contributed by atoms with Crippen LogP contribution in [0.1, 0.15) is 12.8 Å². The van der Waals surface area contributed by atoms with Crippen molar-refractivity contribution in [1.82, 2.24) is 4.98 Å². The Bertz CT molecular complexity index is 588. The Kier molecular flexibility index (Phi) is 4.37. The van der Waals surface area contributed by atoms with Gasteiger partial charge in [0.1, 0.15) is 5.52 Å². The first-order chi connectivity index (χ1) is 8.60. The van der Waals surface area contributed by atoms with Gasteiger partial charge in [0, 0.05) is 17.3 Å². The van der Waals surface area contributed by atoms with Crippen LogP contribution in [-0.2, 0) is 4.79 Å². The normalized spacial score (nSPS) is 10.8. The number of thiazole rings is 1. The summed E-state index contributed by atoms with van der Waals surface area (Å²) in [5.74, 6) is -0.242. The standard InChI is InChI=1S/C11H9Cl2FN2OS/c12-3-1-2-9(17)15-11-16-10-7(14)4-6(13)5-8(10)18-11/h4-5H,1-3H2,(H,15,16,17). The number of carbonyl (C=O) groups excluding carboxylic acids is 1. The van der Waals surface area contributed by atoms with Crippen LogP contribution in [0.2, 0.25) is 5.02 Å². The molecule has 2 rings (SSSR count). The van der Waals surface area contributed by atoms with Crippen molar-refractivity contribution in [1.29, 1.82) is 0 Å². The third kappa shape index (κ3) is 3.10. The third-order valence-electron chi connectivity index (χ3n) is 2.20. The van der Waals surface area contributed by atoms with Crippen LogP contribution in [0, 0.1) is 5.82 Å². The Balaban J connectivity index is 2.20. The second-order valence-electron chi connectivity index (χ2n) is 3.59. The smallest absolute Gasteiger partial charge is 0.226 e. The molecule has 0 bridgehead atoms. The number of carbonyl (C=O) groups is 1. The van der Waals surface area contributed by atoms with Crippen LogP contribution in [0.4, 0.5) is 9.52 Å². The van der Waals surface area contributed by atoms with E-state index in [0.717, 1.165) is 0 Å². The minimum absolute atomic E-state index is 0.179. The Morgan fingerprint density at radius 1 is 1.50 bits per heavy atom. The van der Waals surface area contributed by atoms with Gasteiger partial charge in [0.2, 0.25) is 5.91 Å². The van der Waals surface area contributed by atoms with E-state index in [1.165, 1.54) is 17.4 Å². The zero-order valence-electron chi connectivity index (χ0n) is 9.17. The fourth-order valence-corrected chi connectivity index (χ4v) is 2.76. The van der Waals surface area contributed by atoms with Crippen LogP contribution >= 0.6 is 34.5 Å². The molecule has 0 aliphatic heterocycles. The van der Waals surface area contributed by atoms with Gasteiger partial charge in [0.15, 0.2) is 10.9 Å². The largest absolute Gasteiger partial charge is 0.302 e. The van der Waals surface area contributed by atoms with E-state index in [0.29, 0.717) is 33.6 Å². The van der Waals surface area contributed by atoms with Gasteiger partial charge >= 0.3 is 0 Å². The molecule has 0 saturated carbocycles. The number of alkyl halides is 1. The van der Waals surface area contributed by atoms with Crippen LogP contribution in [0.25, 0.3) is 10.2 Å². The lowest BCUT2D eigenvalue weighted by Crippen LogP contribution is -2.10. The first kappa shape index (κ1) is 13.5. The average Bonchev–Trinajstić information content (AvgIpc) is 2.69. The van der Waals surface area contributed by atoms with Crippen LogP contribution in [0.5, 0.6) is 0 Å². The van der Waals surface area contributed by atoms with Gasteiger partial charge in [0.25, 0.3) is 0 Å². The van der Waals surface area contributed by atoms with E-state index in [2.05, 4.69) is 10.3 Å². The molecule has 1 aromatic carbocycles. The fraction of sp³-hybridized carbons (Fsp3) is 0.273. The minimum atomic E-state index is -0.491. The molecule has 0 radical (unpaired) electrons. The summed E-state index contributed by atoms with van der Waals surface area (Å²) in [6.45, 7) is 0. The lowest BCUT2D eigenvalue weighted by atomic mass is 10.3. The van der Waals surface area contributed by atoms with E-state index in [4.69, 9.17) is 23.2 Å². The summed E-state index contributed by atoms with van der Waals surface area (Å²) in [6.07, 6.45) is 0.918. The molecule has 96 valence electrons. The molecule has 2 aromatic rings. The monoisotopic (exact) mass is 306 g/mol. The maximum Gasteiger partial charge on any atom is 0.226 e. The third-order valence-corrected chi connectivity index (χ3v) is 3.60. The van der Waals surface area contributed by atoms with Crippen LogP contribution in [0.3, 0.4) is 0 Å². The van der Waals surface area contributed by atoms with Crippen molar-refractivity contribution in [2.45, 2.75) is 12.8 Å². The Morgan fingerprint density at radius 2 is 2.28 bits per heavy atom. The van der Waals surface area contributed by atoms with Gasteiger partial charge in [-0.3, -0.25) is 4.79 Å². The van der Waals surface area contributed by atoms with Crippen LogP contribution in [0.15, 0.2) is 12.1 Å². The summed E-state index contributed by atoms with van der Waals surface area (Å²) in [7, 11) is 0. The van der Waals surface area contributed by atoms with Crippen molar-refractivity contribution in [2.24, 2.45) is 0 Å². The Morgan fingerprint density at radius 3 is 3.00 bits per heavy atom. The molecule has 1 amide bonds. The number of benzene rings is 1. The second kappa shape index (κ2) is 5.82. The molecular formula is C11H9Cl2FN2OS. The molecule has 0 spiro atoms. The Hall–Kier alpha value is -0.910. The van der Waals surface area contributed by atoms with Crippen LogP contribution < -0.4 is 5.32 Å². The number of hydrogen-bond donors (Lipinski definition) is 1. The number of aromatic nitrogens is 1. The molecule has 1 aromatic heterocycles. The summed E-state index contributed by atoms with van der Waals surface area (Å²) in [4.78, 5) is 15.5. The van der Waals surface area contributed by atoms with Crippen molar-refractivity contribution in [3.63, 3.8) is 0 Å². The van der Waals surface area contributed by atoms with Crippen LogP contribution in [-0.4, -0.2) is 16.8 Å². The number of hydrogen-bond acceptors (Lipinski definition) is 3. The molecule has 1 heterocycles. The quantitative estimate of drug-likeness (QED) is 0.866. The number of rotatable bonds is 4. The van der Waals surface area contributed by atoms with Gasteiger partial charge in [-0.25, -0.2) is 9.37 Å². The zero-order valence-corrected chi connectivity index (χ0v) is 11.5. The SMILES string of the molecule is O=C(CCCCl)Nc1nc2c(F)cc(Cl)cc2s1. The lowest BCUT2D eigenvalue weighted by Gasteiger charge is -1.98. The van der Waals surface area contributed by atoms with E-state index in [9.17, 15) is 9.18 Å². The minimum Gasteiger partial charge on any atom is -0.302 e. The van der Waals surface area contributed by atoms with Crippen molar-refractivity contribution in [2.75, 3.05) is 11.2 Å². The molecule has 0 aliphatic carbocycles. The molecule has 1 N–H and O–H groups in total. The van der Waals surface area contributed by atoms with Crippen molar-refractivity contribution in [3.05, 3.63) is 23.0 Å². The Labute approximate surface area is 117 Å². The maximum absolute atomic E-state index is 13.5. The molecule has 18 heavy (non-hydrogen) atoms. The van der Waals surface area contributed by atoms with Gasteiger partial charge in [-0.2, -0.15) is 0 Å². The van der Waals surface area contributed by atoms with Gasteiger partial charge < -0.3 is 5.32 Å². The van der Waals surface area contributed by atoms with E-state index in [1.807, 2.05) is 0 Å². The van der Waals surface area contributed by atoms with E-state index in [-0.39, 0.29) is 11.4 Å². The summed E-state index contributed by atoms with van der Waals surface area (Å²) in [5, 5.41) is 3.29. The summed E-state index contributed by atoms with van der Waals surface area (Å²) in [5.41, 5.74) is 0.219. The van der Waals surface area contributed by atoms with Crippen molar-refractivity contribution in [3.8, 4) is 0 Å². The highest BCUT2D eigenvalue weighted by molar-refractivity contribution is 7.22. The molecule has 0 saturated heterocycles. The second-order valence-corrected chi connectivity index (χ2v) is 5.44. The summed E-state index contributed by atoms with van der Waals surface area (Å²) < 4.78 is 14.1. The van der Waals surface area contributed by atoms with Gasteiger partial charge in [-0.1, -0.05) is 22.9 Å². The van der Waals surface area contributed by atoms with Gasteiger partial charge in [-0.05, 0) is 18.6 Å². The number of nitrogens with zero attached hydrogens (tertiary/aromatic N) is 1. The topological polar surface area (TPSA) is 42.0 Å². The predicted octanol–water partition coefficient (Wildman–Crippen LogP) is 4.05. The molecule has 0 atom stereocenters. The molecule has 7 heteroatoms. The van der Waals surface area contributed by atoms with Gasteiger partial charge in [-0.15, -0.1) is 11.6 Å². The molecule has 0 fully saturated rings. The maximum atomic E-state index is 13.5. The first-order valence-corrected chi connectivity index (χ1v) is 6.94. The van der Waals surface area contributed by atoms with Crippen molar-refractivity contribution < 1.29 is 9.18 Å². The molecule has 0 aliphatic rings. The van der Waals surface area contributed by atoms with E-state index < -0.39 is 5.82 Å².